The fraction of sp³-hybridized carbons (Fsp3) is 0. The number of carbonyl (C=O) groups excluding carboxylic acids is 1. The number of primary amides is 1. The van der Waals surface area contributed by atoms with Crippen LogP contribution in [0.5, 0.6) is 0 Å². The molecule has 0 unspecified atom stereocenters. The summed E-state index contributed by atoms with van der Waals surface area (Å²) in [5.41, 5.74) is 20.4. The number of carbonyl (C=O) groups is 1. The third-order valence-electron chi connectivity index (χ3n) is 3.71. The number of nitrogen functional groups attached to an aromatic ring is 2. The summed E-state index contributed by atoms with van der Waals surface area (Å²) in [4.78, 5) is 15.7. The molecule has 0 saturated carbocycles. The minimum atomic E-state index is -0.830. The number of amides is 1. The normalized spacial score (nSPS) is 10.5. The van der Waals surface area contributed by atoms with E-state index in [9.17, 15) is 9.18 Å². The second-order valence-corrected chi connectivity index (χ2v) is 5.30. The van der Waals surface area contributed by atoms with Gasteiger partial charge in [0.15, 0.2) is 0 Å². The van der Waals surface area contributed by atoms with Gasteiger partial charge in [-0.05, 0) is 42.0 Å². The maximum absolute atomic E-state index is 13.7. The highest BCUT2D eigenvalue weighted by molar-refractivity contribution is 5.95. The van der Waals surface area contributed by atoms with E-state index in [1.807, 2.05) is 12.1 Å². The van der Waals surface area contributed by atoms with Crippen LogP contribution >= 0.6 is 0 Å². The first-order valence-corrected chi connectivity index (χ1v) is 7.17. The second-order valence-electron chi connectivity index (χ2n) is 5.30. The van der Waals surface area contributed by atoms with E-state index in [1.54, 1.807) is 30.5 Å². The van der Waals surface area contributed by atoms with Crippen molar-refractivity contribution in [2.24, 2.45) is 5.73 Å². The quantitative estimate of drug-likeness (QED) is 0.644. The van der Waals surface area contributed by atoms with Crippen molar-refractivity contribution >= 4 is 17.3 Å². The molecule has 24 heavy (non-hydrogen) atoms. The van der Waals surface area contributed by atoms with Crippen LogP contribution in [0.3, 0.4) is 0 Å². The van der Waals surface area contributed by atoms with Crippen LogP contribution in [0.25, 0.3) is 22.4 Å². The van der Waals surface area contributed by atoms with Crippen LogP contribution < -0.4 is 17.2 Å². The molecule has 0 spiro atoms. The zero-order valence-corrected chi connectivity index (χ0v) is 12.7. The van der Waals surface area contributed by atoms with Crippen molar-refractivity contribution in [3.63, 3.8) is 0 Å². The predicted octanol–water partition coefficient (Wildman–Crippen LogP) is 2.82. The van der Waals surface area contributed by atoms with E-state index in [-0.39, 0.29) is 5.56 Å². The van der Waals surface area contributed by atoms with Crippen molar-refractivity contribution in [1.29, 1.82) is 0 Å². The maximum Gasteiger partial charge on any atom is 0.251 e. The van der Waals surface area contributed by atoms with Crippen LogP contribution in [0.1, 0.15) is 10.4 Å². The fourth-order valence-electron chi connectivity index (χ4n) is 2.47. The lowest BCUT2D eigenvalue weighted by atomic mass is 9.97. The average Bonchev–Trinajstić information content (AvgIpc) is 2.57. The molecule has 5 nitrogen and oxygen atoms in total. The highest BCUT2D eigenvalue weighted by Gasteiger charge is 2.14. The highest BCUT2D eigenvalue weighted by Crippen LogP contribution is 2.33. The van der Waals surface area contributed by atoms with E-state index >= 15 is 0 Å². The Bertz CT molecular complexity index is 940. The zero-order chi connectivity index (χ0) is 17.3. The molecule has 6 N–H and O–H groups in total. The Morgan fingerprint density at radius 2 is 1.71 bits per heavy atom. The molecule has 0 radical (unpaired) electrons. The Labute approximate surface area is 137 Å². The summed E-state index contributed by atoms with van der Waals surface area (Å²) in [6.07, 6.45) is 1.62. The molecule has 3 aromatic rings. The molecule has 0 aliphatic carbocycles. The van der Waals surface area contributed by atoms with Gasteiger partial charge in [0.1, 0.15) is 5.82 Å². The van der Waals surface area contributed by atoms with Gasteiger partial charge >= 0.3 is 0 Å². The van der Waals surface area contributed by atoms with Crippen molar-refractivity contribution in [2.75, 3.05) is 11.5 Å². The second kappa shape index (κ2) is 6.00. The first-order chi connectivity index (χ1) is 11.5. The largest absolute Gasteiger partial charge is 0.397 e. The van der Waals surface area contributed by atoms with E-state index in [0.717, 1.165) is 11.1 Å². The number of pyridine rings is 1. The fourth-order valence-corrected chi connectivity index (χ4v) is 2.47. The SMILES string of the molecule is NC(=O)c1cc(-c2ncccc2-c2ccc(N)c(N)c2)ccc1F. The molecule has 0 bridgehead atoms. The van der Waals surface area contributed by atoms with E-state index < -0.39 is 11.7 Å². The lowest BCUT2D eigenvalue weighted by Crippen LogP contribution is -2.13. The van der Waals surface area contributed by atoms with E-state index in [0.29, 0.717) is 22.6 Å². The van der Waals surface area contributed by atoms with Crippen molar-refractivity contribution in [2.45, 2.75) is 0 Å². The van der Waals surface area contributed by atoms with Crippen LogP contribution in [-0.4, -0.2) is 10.9 Å². The summed E-state index contributed by atoms with van der Waals surface area (Å²) < 4.78 is 13.7. The van der Waals surface area contributed by atoms with Crippen molar-refractivity contribution in [3.05, 3.63) is 66.1 Å². The minimum Gasteiger partial charge on any atom is -0.397 e. The van der Waals surface area contributed by atoms with Gasteiger partial charge in [-0.2, -0.15) is 0 Å². The molecule has 0 fully saturated rings. The van der Waals surface area contributed by atoms with E-state index in [2.05, 4.69) is 4.98 Å². The zero-order valence-electron chi connectivity index (χ0n) is 12.7. The summed E-state index contributed by atoms with van der Waals surface area (Å²) in [6.45, 7) is 0. The third-order valence-corrected chi connectivity index (χ3v) is 3.71. The monoisotopic (exact) mass is 322 g/mol. The molecule has 0 aliphatic rings. The van der Waals surface area contributed by atoms with Gasteiger partial charge in [0, 0.05) is 17.3 Å². The van der Waals surface area contributed by atoms with Gasteiger partial charge < -0.3 is 17.2 Å². The van der Waals surface area contributed by atoms with Gasteiger partial charge in [-0.25, -0.2) is 4.39 Å². The van der Waals surface area contributed by atoms with Crippen LogP contribution in [0.15, 0.2) is 54.7 Å². The molecule has 3 rings (SSSR count). The summed E-state index contributed by atoms with van der Waals surface area (Å²) in [6, 6.07) is 13.1. The predicted molar refractivity (Wildman–Crippen MR) is 92.4 cm³/mol. The first kappa shape index (κ1) is 15.5. The highest BCUT2D eigenvalue weighted by atomic mass is 19.1. The number of benzene rings is 2. The Morgan fingerprint density at radius 1 is 0.958 bits per heavy atom. The number of anilines is 2. The third kappa shape index (κ3) is 2.77. The molecule has 0 saturated heterocycles. The van der Waals surface area contributed by atoms with Gasteiger partial charge in [0.05, 0.1) is 22.6 Å². The lowest BCUT2D eigenvalue weighted by Gasteiger charge is -2.11. The molecule has 1 heterocycles. The molecular weight excluding hydrogens is 307 g/mol. The van der Waals surface area contributed by atoms with Crippen LogP contribution in [0.2, 0.25) is 0 Å². The summed E-state index contributed by atoms with van der Waals surface area (Å²) in [5, 5.41) is 0. The Balaban J connectivity index is 2.18. The van der Waals surface area contributed by atoms with Crippen LogP contribution in [-0.2, 0) is 0 Å². The van der Waals surface area contributed by atoms with E-state index in [1.165, 1.54) is 12.1 Å². The van der Waals surface area contributed by atoms with Gasteiger partial charge in [0.2, 0.25) is 0 Å². The molecule has 0 atom stereocenters. The van der Waals surface area contributed by atoms with Gasteiger partial charge in [-0.15, -0.1) is 0 Å². The first-order valence-electron chi connectivity index (χ1n) is 7.17. The average molecular weight is 322 g/mol. The minimum absolute atomic E-state index is 0.180. The molecule has 120 valence electrons. The number of hydrogen-bond donors (Lipinski definition) is 3. The topological polar surface area (TPSA) is 108 Å². The molecule has 6 heteroatoms. The number of aromatic nitrogens is 1. The van der Waals surface area contributed by atoms with Crippen molar-refractivity contribution in [3.8, 4) is 22.4 Å². The lowest BCUT2D eigenvalue weighted by molar-refractivity contribution is 0.0996. The molecular formula is C18H15FN4O. The smallest absolute Gasteiger partial charge is 0.251 e. The summed E-state index contributed by atoms with van der Waals surface area (Å²) in [5.74, 6) is -1.50. The van der Waals surface area contributed by atoms with Gasteiger partial charge in [0.25, 0.3) is 5.91 Å². The number of halogens is 1. The Hall–Kier alpha value is -3.41. The molecule has 0 aliphatic heterocycles. The van der Waals surface area contributed by atoms with Crippen molar-refractivity contribution < 1.29 is 9.18 Å². The number of nitrogens with two attached hydrogens (primary N) is 3. The molecule has 1 aromatic heterocycles. The van der Waals surface area contributed by atoms with E-state index in [4.69, 9.17) is 17.2 Å². The maximum atomic E-state index is 13.7. The van der Waals surface area contributed by atoms with Gasteiger partial charge in [-0.1, -0.05) is 12.1 Å². The summed E-state index contributed by atoms with van der Waals surface area (Å²) >= 11 is 0. The molecule has 1 amide bonds. The number of nitrogens with zero attached hydrogens (tertiary/aromatic N) is 1. The number of rotatable bonds is 3. The Morgan fingerprint density at radius 3 is 2.42 bits per heavy atom. The number of hydrogen-bond acceptors (Lipinski definition) is 4. The van der Waals surface area contributed by atoms with Gasteiger partial charge in [-0.3, -0.25) is 9.78 Å². The van der Waals surface area contributed by atoms with Crippen LogP contribution in [0.4, 0.5) is 15.8 Å². The summed E-state index contributed by atoms with van der Waals surface area (Å²) in [7, 11) is 0. The van der Waals surface area contributed by atoms with Crippen molar-refractivity contribution in [1.82, 2.24) is 4.98 Å². The molecule has 2 aromatic carbocycles. The standard InChI is InChI=1S/C18H15FN4O/c19-14-5-3-11(8-13(14)18(22)24)17-12(2-1-7-23-17)10-4-6-15(20)16(21)9-10/h1-9H,20-21H2,(H2,22,24). The Kier molecular flexibility index (Phi) is 3.87. The van der Waals surface area contributed by atoms with Crippen LogP contribution in [0, 0.1) is 5.82 Å².